The molecule has 1 aromatic heterocycles. The molecule has 0 saturated carbocycles. The second-order valence-electron chi connectivity index (χ2n) is 3.32. The van der Waals surface area contributed by atoms with Crippen molar-refractivity contribution in [3.05, 3.63) is 40.7 Å². The van der Waals surface area contributed by atoms with Gasteiger partial charge in [-0.15, -0.1) is 0 Å². The molecule has 3 nitrogen and oxygen atoms in total. The van der Waals surface area contributed by atoms with Crippen LogP contribution in [-0.2, 0) is 0 Å². The van der Waals surface area contributed by atoms with E-state index in [0.717, 1.165) is 17.4 Å². The fourth-order valence-electron chi connectivity index (χ4n) is 1.42. The molecule has 4 heteroatoms. The van der Waals surface area contributed by atoms with Gasteiger partial charge in [0.05, 0.1) is 11.9 Å². The molecule has 0 amide bonds. The normalized spacial score (nSPS) is 10.3. The molecule has 2 aromatic rings. The first-order valence-corrected chi connectivity index (χ1v) is 4.84. The third-order valence-corrected chi connectivity index (χ3v) is 2.26. The molecule has 2 rings (SSSR count). The number of H-pyrrole nitrogens is 1. The van der Waals surface area contributed by atoms with Crippen LogP contribution in [0.4, 0.5) is 0 Å². The van der Waals surface area contributed by atoms with Crippen LogP contribution in [0.3, 0.4) is 0 Å². The van der Waals surface area contributed by atoms with E-state index in [1.54, 1.807) is 0 Å². The molecule has 0 aliphatic heterocycles. The quantitative estimate of drug-likeness (QED) is 0.791. The van der Waals surface area contributed by atoms with Gasteiger partial charge in [0.1, 0.15) is 5.82 Å². The number of rotatable bonds is 2. The topological polar surface area (TPSA) is 45.8 Å². The van der Waals surface area contributed by atoms with E-state index in [-0.39, 0.29) is 0 Å². The van der Waals surface area contributed by atoms with Crippen molar-refractivity contribution in [2.45, 2.75) is 6.92 Å². The molecular weight excluding hydrogens is 212 g/mol. The van der Waals surface area contributed by atoms with E-state index in [0.29, 0.717) is 16.5 Å². The van der Waals surface area contributed by atoms with Crippen molar-refractivity contribution in [1.82, 2.24) is 9.97 Å². The minimum Gasteiger partial charge on any atom is -0.336 e. The van der Waals surface area contributed by atoms with Gasteiger partial charge >= 0.3 is 0 Å². The maximum Gasteiger partial charge on any atom is 0.167 e. The third kappa shape index (κ3) is 2.07. The number of aromatic nitrogens is 2. The average molecular weight is 221 g/mol. The molecule has 1 N–H and O–H groups in total. The first kappa shape index (κ1) is 9.93. The SMILES string of the molecule is Cc1cc(Cl)cc(-c2ncc(C=O)[nH]2)c1. The Hall–Kier alpha value is -1.61. The zero-order valence-corrected chi connectivity index (χ0v) is 8.88. The molecule has 0 bridgehead atoms. The summed E-state index contributed by atoms with van der Waals surface area (Å²) in [7, 11) is 0. The number of aromatic amines is 1. The Morgan fingerprint density at radius 3 is 2.80 bits per heavy atom. The van der Waals surface area contributed by atoms with E-state index in [1.807, 2.05) is 25.1 Å². The minimum absolute atomic E-state index is 0.461. The number of hydrogen-bond donors (Lipinski definition) is 1. The number of halogens is 1. The summed E-state index contributed by atoms with van der Waals surface area (Å²) in [5.74, 6) is 0.655. The summed E-state index contributed by atoms with van der Waals surface area (Å²) in [6.45, 7) is 1.96. The summed E-state index contributed by atoms with van der Waals surface area (Å²) in [4.78, 5) is 17.5. The van der Waals surface area contributed by atoms with Crippen molar-refractivity contribution in [2.24, 2.45) is 0 Å². The van der Waals surface area contributed by atoms with Gasteiger partial charge in [0.15, 0.2) is 6.29 Å². The van der Waals surface area contributed by atoms with Crippen molar-refractivity contribution < 1.29 is 4.79 Å². The molecular formula is C11H9ClN2O. The molecule has 15 heavy (non-hydrogen) atoms. The predicted molar refractivity (Wildman–Crippen MR) is 59.2 cm³/mol. The molecule has 0 spiro atoms. The van der Waals surface area contributed by atoms with E-state index in [4.69, 9.17) is 11.6 Å². The van der Waals surface area contributed by atoms with Gasteiger partial charge in [-0.2, -0.15) is 0 Å². The largest absolute Gasteiger partial charge is 0.336 e. The second kappa shape index (κ2) is 3.87. The van der Waals surface area contributed by atoms with Crippen LogP contribution < -0.4 is 0 Å². The molecule has 0 aliphatic rings. The Bertz CT molecular complexity index is 485. The third-order valence-electron chi connectivity index (χ3n) is 2.04. The molecule has 0 unspecified atom stereocenters. The summed E-state index contributed by atoms with van der Waals surface area (Å²) >= 11 is 5.93. The Kier molecular flexibility index (Phi) is 2.56. The van der Waals surface area contributed by atoms with Crippen LogP contribution >= 0.6 is 11.6 Å². The van der Waals surface area contributed by atoms with Crippen molar-refractivity contribution in [1.29, 1.82) is 0 Å². The Morgan fingerprint density at radius 1 is 1.40 bits per heavy atom. The fourth-order valence-corrected chi connectivity index (χ4v) is 1.70. The van der Waals surface area contributed by atoms with Gasteiger partial charge < -0.3 is 4.98 Å². The standard InChI is InChI=1S/C11H9ClN2O/c1-7-2-8(4-9(12)3-7)11-13-5-10(6-15)14-11/h2-6H,1H3,(H,13,14). The number of carbonyl (C=O) groups excluding carboxylic acids is 1. The number of hydrogen-bond acceptors (Lipinski definition) is 2. The first-order valence-electron chi connectivity index (χ1n) is 4.47. The Balaban J connectivity index is 2.48. The summed E-state index contributed by atoms with van der Waals surface area (Å²) < 4.78 is 0. The highest BCUT2D eigenvalue weighted by molar-refractivity contribution is 6.30. The van der Waals surface area contributed by atoms with Gasteiger partial charge in [0.2, 0.25) is 0 Å². The molecule has 1 aromatic carbocycles. The van der Waals surface area contributed by atoms with E-state index in [1.165, 1.54) is 6.20 Å². The van der Waals surface area contributed by atoms with E-state index >= 15 is 0 Å². The van der Waals surface area contributed by atoms with Gasteiger partial charge in [0, 0.05) is 10.6 Å². The highest BCUT2D eigenvalue weighted by atomic mass is 35.5. The summed E-state index contributed by atoms with van der Waals surface area (Å²) in [6, 6.07) is 5.63. The van der Waals surface area contributed by atoms with Crippen LogP contribution in [0.5, 0.6) is 0 Å². The van der Waals surface area contributed by atoms with Crippen LogP contribution in [0.2, 0.25) is 5.02 Å². The summed E-state index contributed by atoms with van der Waals surface area (Å²) in [6.07, 6.45) is 2.23. The van der Waals surface area contributed by atoms with Gasteiger partial charge in [-0.3, -0.25) is 4.79 Å². The molecule has 0 aliphatic carbocycles. The summed E-state index contributed by atoms with van der Waals surface area (Å²) in [5, 5.41) is 0.661. The summed E-state index contributed by atoms with van der Waals surface area (Å²) in [5.41, 5.74) is 2.40. The lowest BCUT2D eigenvalue weighted by Crippen LogP contribution is -1.83. The van der Waals surface area contributed by atoms with Crippen LogP contribution in [0, 0.1) is 6.92 Å². The molecule has 0 saturated heterocycles. The zero-order chi connectivity index (χ0) is 10.8. The lowest BCUT2D eigenvalue weighted by atomic mass is 10.1. The van der Waals surface area contributed by atoms with Crippen LogP contribution in [0.25, 0.3) is 11.4 Å². The van der Waals surface area contributed by atoms with Gasteiger partial charge in [-0.25, -0.2) is 4.98 Å². The van der Waals surface area contributed by atoms with Gasteiger partial charge in [-0.05, 0) is 30.7 Å². The van der Waals surface area contributed by atoms with E-state index in [9.17, 15) is 4.79 Å². The molecule has 0 fully saturated rings. The van der Waals surface area contributed by atoms with Crippen molar-refractivity contribution in [3.8, 4) is 11.4 Å². The van der Waals surface area contributed by atoms with Crippen molar-refractivity contribution in [2.75, 3.05) is 0 Å². The smallest absolute Gasteiger partial charge is 0.167 e. The van der Waals surface area contributed by atoms with Crippen molar-refractivity contribution >= 4 is 17.9 Å². The monoisotopic (exact) mass is 220 g/mol. The number of aryl methyl sites for hydroxylation is 1. The van der Waals surface area contributed by atoms with E-state index in [2.05, 4.69) is 9.97 Å². The average Bonchev–Trinajstić information content (AvgIpc) is 2.64. The second-order valence-corrected chi connectivity index (χ2v) is 3.76. The van der Waals surface area contributed by atoms with Crippen molar-refractivity contribution in [3.63, 3.8) is 0 Å². The number of nitrogens with one attached hydrogen (secondary N) is 1. The number of carbonyl (C=O) groups is 1. The van der Waals surface area contributed by atoms with Crippen LogP contribution in [-0.4, -0.2) is 16.3 Å². The first-order chi connectivity index (χ1) is 7.19. The maximum atomic E-state index is 10.5. The van der Waals surface area contributed by atoms with E-state index < -0.39 is 0 Å². The predicted octanol–water partition coefficient (Wildman–Crippen LogP) is 2.85. The molecule has 1 heterocycles. The lowest BCUT2D eigenvalue weighted by molar-refractivity contribution is 0.111. The number of nitrogens with zero attached hydrogens (tertiary/aromatic N) is 1. The zero-order valence-electron chi connectivity index (χ0n) is 8.12. The maximum absolute atomic E-state index is 10.5. The molecule has 76 valence electrons. The molecule has 0 radical (unpaired) electrons. The number of benzene rings is 1. The Morgan fingerprint density at radius 2 is 2.20 bits per heavy atom. The highest BCUT2D eigenvalue weighted by Gasteiger charge is 2.04. The highest BCUT2D eigenvalue weighted by Crippen LogP contribution is 2.22. The number of aldehydes is 1. The lowest BCUT2D eigenvalue weighted by Gasteiger charge is -2.00. The number of imidazole rings is 1. The van der Waals surface area contributed by atoms with Crippen LogP contribution in [0.15, 0.2) is 24.4 Å². The van der Waals surface area contributed by atoms with Gasteiger partial charge in [0.25, 0.3) is 0 Å². The Labute approximate surface area is 92.1 Å². The van der Waals surface area contributed by atoms with Gasteiger partial charge in [-0.1, -0.05) is 11.6 Å². The minimum atomic E-state index is 0.461. The molecule has 0 atom stereocenters. The fraction of sp³-hybridized carbons (Fsp3) is 0.0909. The van der Waals surface area contributed by atoms with Crippen LogP contribution in [0.1, 0.15) is 16.1 Å².